The number of nitro groups is 1. The van der Waals surface area contributed by atoms with Gasteiger partial charge in [-0.3, -0.25) is 14.9 Å². The molecular weight excluding hydrogens is 366 g/mol. The first-order valence-corrected chi connectivity index (χ1v) is 9.00. The van der Waals surface area contributed by atoms with E-state index in [4.69, 9.17) is 0 Å². The Bertz CT molecular complexity index is 1170. The van der Waals surface area contributed by atoms with Crippen LogP contribution in [0.15, 0.2) is 97.5 Å². The number of carbonyl (C=O) groups is 1. The van der Waals surface area contributed by atoms with E-state index < -0.39 is 4.92 Å². The fourth-order valence-electron chi connectivity index (χ4n) is 3.06. The Morgan fingerprint density at radius 3 is 2.14 bits per heavy atom. The summed E-state index contributed by atoms with van der Waals surface area (Å²) in [5.41, 5.74) is 3.21. The second-order valence-electron chi connectivity index (χ2n) is 6.41. The monoisotopic (exact) mass is 383 g/mol. The smallest absolute Gasteiger partial charge is 0.269 e. The summed E-state index contributed by atoms with van der Waals surface area (Å²) in [7, 11) is 0. The summed E-state index contributed by atoms with van der Waals surface area (Å²) in [5.74, 6) is -0.0968. The summed E-state index contributed by atoms with van der Waals surface area (Å²) in [4.78, 5) is 22.9. The highest BCUT2D eigenvalue weighted by Gasteiger charge is 2.07. The molecule has 0 atom stereocenters. The molecule has 0 bridgehead atoms. The van der Waals surface area contributed by atoms with Gasteiger partial charge in [-0.1, -0.05) is 0 Å². The molecule has 2 heterocycles. The van der Waals surface area contributed by atoms with Crippen molar-refractivity contribution in [1.82, 2.24) is 9.13 Å². The van der Waals surface area contributed by atoms with Gasteiger partial charge in [-0.15, -0.1) is 0 Å². The summed E-state index contributed by atoms with van der Waals surface area (Å²) < 4.78 is 3.84. The number of non-ortho nitro benzene ring substituents is 1. The van der Waals surface area contributed by atoms with Gasteiger partial charge in [0.15, 0.2) is 5.78 Å². The van der Waals surface area contributed by atoms with Gasteiger partial charge in [0.2, 0.25) is 0 Å². The van der Waals surface area contributed by atoms with Gasteiger partial charge in [0.25, 0.3) is 5.69 Å². The maximum absolute atomic E-state index is 12.5. The summed E-state index contributed by atoms with van der Waals surface area (Å²) in [6, 6.07) is 21.3. The van der Waals surface area contributed by atoms with Gasteiger partial charge < -0.3 is 9.13 Å². The maximum Gasteiger partial charge on any atom is 0.269 e. The van der Waals surface area contributed by atoms with Crippen LogP contribution in [0.2, 0.25) is 0 Å². The number of hydrogen-bond donors (Lipinski definition) is 0. The van der Waals surface area contributed by atoms with Crippen LogP contribution in [0.5, 0.6) is 0 Å². The maximum atomic E-state index is 12.5. The highest BCUT2D eigenvalue weighted by atomic mass is 16.6. The Kier molecular flexibility index (Phi) is 4.90. The molecule has 6 nitrogen and oxygen atoms in total. The van der Waals surface area contributed by atoms with Crippen molar-refractivity contribution >= 4 is 17.5 Å². The summed E-state index contributed by atoms with van der Waals surface area (Å²) in [6.45, 7) is 0. The van der Waals surface area contributed by atoms with Crippen LogP contribution in [0.3, 0.4) is 0 Å². The van der Waals surface area contributed by atoms with Gasteiger partial charge in [0.05, 0.1) is 4.92 Å². The third kappa shape index (κ3) is 3.91. The Labute approximate surface area is 167 Å². The first kappa shape index (κ1) is 18.2. The predicted molar refractivity (Wildman–Crippen MR) is 112 cm³/mol. The molecule has 0 radical (unpaired) electrons. The Hall–Kier alpha value is -4.19. The molecule has 0 aliphatic carbocycles. The van der Waals surface area contributed by atoms with E-state index in [1.807, 2.05) is 64.1 Å². The molecule has 0 aliphatic rings. The van der Waals surface area contributed by atoms with Crippen molar-refractivity contribution in [3.63, 3.8) is 0 Å². The molecule has 0 spiro atoms. The first-order valence-electron chi connectivity index (χ1n) is 9.00. The van der Waals surface area contributed by atoms with E-state index in [2.05, 4.69) is 0 Å². The zero-order valence-electron chi connectivity index (χ0n) is 15.4. The van der Waals surface area contributed by atoms with Crippen molar-refractivity contribution < 1.29 is 9.72 Å². The number of nitrogens with zero attached hydrogens (tertiary/aromatic N) is 3. The highest BCUT2D eigenvalue weighted by Crippen LogP contribution is 2.19. The number of carbonyl (C=O) groups excluding carboxylic acids is 1. The second kappa shape index (κ2) is 7.82. The molecule has 0 saturated carbocycles. The summed E-state index contributed by atoms with van der Waals surface area (Å²) in [5, 5.41) is 10.8. The molecule has 0 saturated heterocycles. The molecule has 4 rings (SSSR count). The van der Waals surface area contributed by atoms with Crippen LogP contribution in [0.4, 0.5) is 5.69 Å². The summed E-state index contributed by atoms with van der Waals surface area (Å²) in [6.07, 6.45) is 9.01. The van der Waals surface area contributed by atoms with Crippen LogP contribution in [0, 0.1) is 10.1 Å². The second-order valence-corrected chi connectivity index (χ2v) is 6.41. The normalized spacial score (nSPS) is 11.0. The van der Waals surface area contributed by atoms with Crippen LogP contribution in [-0.2, 0) is 0 Å². The Morgan fingerprint density at radius 2 is 1.48 bits per heavy atom. The van der Waals surface area contributed by atoms with E-state index in [0.29, 0.717) is 5.56 Å². The third-order valence-electron chi connectivity index (χ3n) is 4.58. The summed E-state index contributed by atoms with van der Waals surface area (Å²) >= 11 is 0. The molecular formula is C23H17N3O3. The lowest BCUT2D eigenvalue weighted by atomic mass is 10.1. The van der Waals surface area contributed by atoms with E-state index in [1.165, 1.54) is 18.2 Å². The molecule has 0 fully saturated rings. The van der Waals surface area contributed by atoms with Crippen LogP contribution in [0.25, 0.3) is 17.5 Å². The molecule has 6 heteroatoms. The van der Waals surface area contributed by atoms with Crippen LogP contribution in [-0.4, -0.2) is 19.8 Å². The number of allylic oxidation sites excluding steroid dienone is 1. The van der Waals surface area contributed by atoms with Crippen LogP contribution in [0.1, 0.15) is 16.1 Å². The average Bonchev–Trinajstić information content (AvgIpc) is 3.44. The third-order valence-corrected chi connectivity index (χ3v) is 4.58. The molecule has 0 aliphatic heterocycles. The van der Waals surface area contributed by atoms with E-state index in [-0.39, 0.29) is 11.5 Å². The van der Waals surface area contributed by atoms with Gasteiger partial charge in [-0.05, 0) is 72.8 Å². The van der Waals surface area contributed by atoms with Gasteiger partial charge in [-0.25, -0.2) is 0 Å². The fraction of sp³-hybridized carbons (Fsp3) is 0. The fourth-order valence-corrected chi connectivity index (χ4v) is 3.06. The minimum Gasteiger partial charge on any atom is -0.324 e. The SMILES string of the molecule is O=C(/C=C/c1cccn1-c1ccc([N+](=O)[O-])cc1)c1ccc(-n2cccc2)cc1. The van der Waals surface area contributed by atoms with Crippen LogP contribution >= 0.6 is 0 Å². The van der Waals surface area contributed by atoms with Crippen molar-refractivity contribution in [2.24, 2.45) is 0 Å². The van der Waals surface area contributed by atoms with Crippen molar-refractivity contribution in [2.75, 3.05) is 0 Å². The van der Waals surface area contributed by atoms with E-state index in [0.717, 1.165) is 17.1 Å². The first-order chi connectivity index (χ1) is 14.1. The number of aromatic nitrogens is 2. The van der Waals surface area contributed by atoms with Crippen molar-refractivity contribution in [2.45, 2.75) is 0 Å². The topological polar surface area (TPSA) is 70.1 Å². The quantitative estimate of drug-likeness (QED) is 0.202. The van der Waals surface area contributed by atoms with Gasteiger partial charge >= 0.3 is 0 Å². The Morgan fingerprint density at radius 1 is 0.828 bits per heavy atom. The lowest BCUT2D eigenvalue weighted by Gasteiger charge is -2.06. The molecule has 0 N–H and O–H groups in total. The average molecular weight is 383 g/mol. The molecule has 4 aromatic rings. The van der Waals surface area contributed by atoms with Crippen molar-refractivity contribution in [3.05, 3.63) is 119 Å². The van der Waals surface area contributed by atoms with E-state index >= 15 is 0 Å². The lowest BCUT2D eigenvalue weighted by Crippen LogP contribution is -1.98. The van der Waals surface area contributed by atoms with Crippen LogP contribution < -0.4 is 0 Å². The Balaban J connectivity index is 1.52. The van der Waals surface area contributed by atoms with Gasteiger partial charge in [0, 0.05) is 53.4 Å². The standard InChI is InChI=1S/C23H17N3O3/c27-23(18-5-7-19(8-6-18)24-15-1-2-16-24)14-13-20-4-3-17-25(20)21-9-11-22(12-10-21)26(28)29/h1-17H/b14-13+. The molecule has 2 aromatic heterocycles. The van der Waals surface area contributed by atoms with Gasteiger partial charge in [0.1, 0.15) is 0 Å². The molecule has 29 heavy (non-hydrogen) atoms. The molecule has 2 aromatic carbocycles. The van der Waals surface area contributed by atoms with Crippen molar-refractivity contribution in [3.8, 4) is 11.4 Å². The zero-order chi connectivity index (χ0) is 20.2. The predicted octanol–water partition coefficient (Wildman–Crippen LogP) is 5.07. The number of hydrogen-bond acceptors (Lipinski definition) is 3. The highest BCUT2D eigenvalue weighted by molar-refractivity contribution is 6.06. The van der Waals surface area contributed by atoms with Gasteiger partial charge in [-0.2, -0.15) is 0 Å². The zero-order valence-corrected chi connectivity index (χ0v) is 15.4. The molecule has 142 valence electrons. The number of benzene rings is 2. The number of ketones is 1. The largest absolute Gasteiger partial charge is 0.324 e. The van der Waals surface area contributed by atoms with Crippen molar-refractivity contribution in [1.29, 1.82) is 0 Å². The van der Waals surface area contributed by atoms with E-state index in [1.54, 1.807) is 30.3 Å². The van der Waals surface area contributed by atoms with E-state index in [9.17, 15) is 14.9 Å². The molecule has 0 unspecified atom stereocenters. The molecule has 0 amide bonds. The number of rotatable bonds is 6. The minimum atomic E-state index is -0.430. The lowest BCUT2D eigenvalue weighted by molar-refractivity contribution is -0.384. The minimum absolute atomic E-state index is 0.0385. The number of nitro benzene ring substituents is 1.